The molecule has 1 heterocycles. The van der Waals surface area contributed by atoms with E-state index >= 15 is 0 Å². The minimum absolute atomic E-state index is 0.0196. The Hall–Kier alpha value is -1.69. The van der Waals surface area contributed by atoms with Gasteiger partial charge in [0.05, 0.1) is 11.7 Å². The van der Waals surface area contributed by atoms with E-state index in [2.05, 4.69) is 5.32 Å². The fourth-order valence-electron chi connectivity index (χ4n) is 2.40. The van der Waals surface area contributed by atoms with Crippen molar-refractivity contribution in [3.8, 4) is 5.75 Å². The number of hydrogen-bond acceptors (Lipinski definition) is 4. The lowest BCUT2D eigenvalue weighted by atomic mass is 10.1. The molecule has 126 valence electrons. The van der Waals surface area contributed by atoms with Gasteiger partial charge in [-0.05, 0) is 32.9 Å². The number of benzene rings is 1. The summed E-state index contributed by atoms with van der Waals surface area (Å²) in [5.41, 5.74) is 0.454. The van der Waals surface area contributed by atoms with E-state index in [4.69, 9.17) is 4.74 Å². The van der Waals surface area contributed by atoms with E-state index in [9.17, 15) is 9.59 Å². The molecule has 0 bridgehead atoms. The Morgan fingerprint density at radius 3 is 2.48 bits per heavy atom. The molecule has 1 aromatic rings. The number of rotatable bonds is 5. The molecule has 1 saturated heterocycles. The molecule has 1 aliphatic rings. The van der Waals surface area contributed by atoms with Crippen LogP contribution in [0.5, 0.6) is 5.75 Å². The van der Waals surface area contributed by atoms with Crippen molar-refractivity contribution in [1.29, 1.82) is 0 Å². The summed E-state index contributed by atoms with van der Waals surface area (Å²) in [7, 11) is 0. The molecule has 1 atom stereocenters. The zero-order chi connectivity index (χ0) is 16.8. The molecular formula is C17H24N2O3S. The zero-order valence-electron chi connectivity index (χ0n) is 13.9. The lowest BCUT2D eigenvalue weighted by Gasteiger charge is -2.29. The molecule has 0 radical (unpaired) electrons. The van der Waals surface area contributed by atoms with Crippen molar-refractivity contribution in [2.45, 2.75) is 32.9 Å². The second kappa shape index (κ2) is 8.24. The normalized spacial score (nSPS) is 16.1. The third-order valence-corrected chi connectivity index (χ3v) is 4.48. The van der Waals surface area contributed by atoms with Gasteiger partial charge in [0.1, 0.15) is 11.8 Å². The predicted molar refractivity (Wildman–Crippen MR) is 93.0 cm³/mol. The first-order chi connectivity index (χ1) is 11.0. The molecule has 0 aromatic heterocycles. The number of para-hydroxylation sites is 1. The van der Waals surface area contributed by atoms with Crippen molar-refractivity contribution in [3.05, 3.63) is 29.8 Å². The summed E-state index contributed by atoms with van der Waals surface area (Å²) in [6.45, 7) is 7.05. The largest absolute Gasteiger partial charge is 0.490 e. The van der Waals surface area contributed by atoms with Gasteiger partial charge in [-0.15, -0.1) is 0 Å². The maximum Gasteiger partial charge on any atom is 0.255 e. The van der Waals surface area contributed by atoms with Crippen molar-refractivity contribution >= 4 is 23.6 Å². The molecule has 23 heavy (non-hydrogen) atoms. The van der Waals surface area contributed by atoms with Crippen LogP contribution in [-0.2, 0) is 4.79 Å². The third kappa shape index (κ3) is 4.89. The Morgan fingerprint density at radius 1 is 1.17 bits per heavy atom. The molecule has 0 saturated carbocycles. The number of carbonyl (C=O) groups is 2. The molecule has 0 spiro atoms. The average Bonchev–Trinajstić information content (AvgIpc) is 2.54. The maximum atomic E-state index is 12.5. The van der Waals surface area contributed by atoms with Crippen molar-refractivity contribution in [3.63, 3.8) is 0 Å². The van der Waals surface area contributed by atoms with Gasteiger partial charge in [0.2, 0.25) is 5.91 Å². The minimum atomic E-state index is -0.544. The molecule has 1 aliphatic heterocycles. The minimum Gasteiger partial charge on any atom is -0.490 e. The van der Waals surface area contributed by atoms with Gasteiger partial charge >= 0.3 is 0 Å². The number of hydrogen-bond donors (Lipinski definition) is 1. The molecule has 6 heteroatoms. The van der Waals surface area contributed by atoms with Crippen molar-refractivity contribution < 1.29 is 14.3 Å². The summed E-state index contributed by atoms with van der Waals surface area (Å²) in [5, 5.41) is 2.79. The highest BCUT2D eigenvalue weighted by molar-refractivity contribution is 7.99. The summed E-state index contributed by atoms with van der Waals surface area (Å²) in [5.74, 6) is 2.14. The standard InChI is InChI=1S/C17H24N2O3S/c1-12(2)22-15-7-5-4-6-14(15)16(20)18-13(3)17(21)19-8-10-23-11-9-19/h4-7,12-13H,8-11H2,1-3H3,(H,18,20). The topological polar surface area (TPSA) is 58.6 Å². The Labute approximate surface area is 141 Å². The van der Waals surface area contributed by atoms with Crippen LogP contribution in [0.1, 0.15) is 31.1 Å². The summed E-state index contributed by atoms with van der Waals surface area (Å²) < 4.78 is 5.67. The smallest absolute Gasteiger partial charge is 0.255 e. The summed E-state index contributed by atoms with van der Waals surface area (Å²) in [6.07, 6.45) is -0.0196. The zero-order valence-corrected chi connectivity index (χ0v) is 14.7. The Balaban J connectivity index is 2.02. The van der Waals surface area contributed by atoms with Crippen LogP contribution in [0.4, 0.5) is 0 Å². The van der Waals surface area contributed by atoms with Crippen LogP contribution in [0.25, 0.3) is 0 Å². The monoisotopic (exact) mass is 336 g/mol. The number of carbonyl (C=O) groups excluding carboxylic acids is 2. The van der Waals surface area contributed by atoms with Crippen LogP contribution < -0.4 is 10.1 Å². The van der Waals surface area contributed by atoms with Gasteiger partial charge in [-0.2, -0.15) is 11.8 Å². The second-order valence-corrected chi connectivity index (χ2v) is 7.02. The Bertz CT molecular complexity index is 557. The van der Waals surface area contributed by atoms with Gasteiger partial charge in [0.25, 0.3) is 5.91 Å². The number of amides is 2. The van der Waals surface area contributed by atoms with Gasteiger partial charge in [0.15, 0.2) is 0 Å². The lowest BCUT2D eigenvalue weighted by molar-refractivity contribution is -0.132. The van der Waals surface area contributed by atoms with Gasteiger partial charge in [-0.25, -0.2) is 0 Å². The van der Waals surface area contributed by atoms with E-state index in [0.29, 0.717) is 11.3 Å². The van der Waals surface area contributed by atoms with Crippen LogP contribution in [0.15, 0.2) is 24.3 Å². The van der Waals surface area contributed by atoms with Crippen molar-refractivity contribution in [2.75, 3.05) is 24.6 Å². The molecule has 1 aromatic carbocycles. The average molecular weight is 336 g/mol. The van der Waals surface area contributed by atoms with Crippen LogP contribution in [0, 0.1) is 0 Å². The van der Waals surface area contributed by atoms with E-state index in [1.54, 1.807) is 25.1 Å². The SMILES string of the molecule is CC(C)Oc1ccccc1C(=O)NC(C)C(=O)N1CCSCC1. The second-order valence-electron chi connectivity index (χ2n) is 5.80. The van der Waals surface area contributed by atoms with Crippen molar-refractivity contribution in [2.24, 2.45) is 0 Å². The number of nitrogens with zero attached hydrogens (tertiary/aromatic N) is 1. The van der Waals surface area contributed by atoms with E-state index in [1.807, 2.05) is 36.6 Å². The Kier molecular flexibility index (Phi) is 6.33. The van der Waals surface area contributed by atoms with Crippen LogP contribution in [-0.4, -0.2) is 53.5 Å². The summed E-state index contributed by atoms with van der Waals surface area (Å²) in [6, 6.07) is 6.55. The first kappa shape index (κ1) is 17.7. The van der Waals surface area contributed by atoms with Crippen LogP contribution in [0.3, 0.4) is 0 Å². The molecule has 2 rings (SSSR count). The molecule has 1 fully saturated rings. The number of ether oxygens (including phenoxy) is 1. The van der Waals surface area contributed by atoms with Gasteiger partial charge < -0.3 is 15.0 Å². The predicted octanol–water partition coefficient (Wildman–Crippen LogP) is 2.17. The highest BCUT2D eigenvalue weighted by Gasteiger charge is 2.24. The molecule has 5 nitrogen and oxygen atoms in total. The van der Waals surface area contributed by atoms with E-state index < -0.39 is 6.04 Å². The quantitative estimate of drug-likeness (QED) is 0.895. The molecule has 1 N–H and O–H groups in total. The summed E-state index contributed by atoms with van der Waals surface area (Å²) >= 11 is 1.85. The molecule has 2 amide bonds. The first-order valence-corrected chi connectivity index (χ1v) is 9.07. The molecule has 0 aliphatic carbocycles. The van der Waals surface area contributed by atoms with Crippen molar-refractivity contribution in [1.82, 2.24) is 10.2 Å². The third-order valence-electron chi connectivity index (χ3n) is 3.54. The van der Waals surface area contributed by atoms with Crippen LogP contribution in [0.2, 0.25) is 0 Å². The molecule has 1 unspecified atom stereocenters. The van der Waals surface area contributed by atoms with Gasteiger partial charge in [0, 0.05) is 24.6 Å². The first-order valence-electron chi connectivity index (χ1n) is 7.92. The van der Waals surface area contributed by atoms with E-state index in [0.717, 1.165) is 24.6 Å². The fraction of sp³-hybridized carbons (Fsp3) is 0.529. The van der Waals surface area contributed by atoms with Gasteiger partial charge in [-0.3, -0.25) is 9.59 Å². The highest BCUT2D eigenvalue weighted by atomic mass is 32.2. The fourth-order valence-corrected chi connectivity index (χ4v) is 3.31. The number of nitrogens with one attached hydrogen (secondary N) is 1. The highest BCUT2D eigenvalue weighted by Crippen LogP contribution is 2.19. The van der Waals surface area contributed by atoms with E-state index in [-0.39, 0.29) is 17.9 Å². The van der Waals surface area contributed by atoms with E-state index in [1.165, 1.54) is 0 Å². The summed E-state index contributed by atoms with van der Waals surface area (Å²) in [4.78, 5) is 26.7. The van der Waals surface area contributed by atoms with Crippen LogP contribution >= 0.6 is 11.8 Å². The number of thioether (sulfide) groups is 1. The lowest BCUT2D eigenvalue weighted by Crippen LogP contribution is -2.49. The maximum absolute atomic E-state index is 12.5. The Morgan fingerprint density at radius 2 is 1.83 bits per heavy atom. The molecular weight excluding hydrogens is 312 g/mol. The van der Waals surface area contributed by atoms with Gasteiger partial charge in [-0.1, -0.05) is 12.1 Å².